The van der Waals surface area contributed by atoms with Crippen LogP contribution >= 0.6 is 23.2 Å². The average molecular weight is 586 g/mol. The average Bonchev–Trinajstić information content (AvgIpc) is 3.27. The number of benzene rings is 1. The van der Waals surface area contributed by atoms with Crippen LogP contribution in [-0.4, -0.2) is 50.0 Å². The number of amides is 1. The van der Waals surface area contributed by atoms with Gasteiger partial charge in [-0.25, -0.2) is 0 Å². The minimum Gasteiger partial charge on any atom is -0.481 e. The van der Waals surface area contributed by atoms with E-state index in [9.17, 15) is 32.7 Å². The number of halogens is 5. The van der Waals surface area contributed by atoms with Gasteiger partial charge in [-0.3, -0.25) is 19.1 Å². The summed E-state index contributed by atoms with van der Waals surface area (Å²) in [5.74, 6) is -3.03. The molecule has 12 heteroatoms. The van der Waals surface area contributed by atoms with Crippen molar-refractivity contribution in [2.24, 2.45) is 11.3 Å². The summed E-state index contributed by atoms with van der Waals surface area (Å²) in [4.78, 5) is 39.9. The fourth-order valence-corrected chi connectivity index (χ4v) is 7.11. The molecule has 5 rings (SSSR count). The van der Waals surface area contributed by atoms with Crippen molar-refractivity contribution in [3.05, 3.63) is 51.3 Å². The molecule has 3 aliphatic rings. The minimum absolute atomic E-state index is 0.0301. The molecule has 0 bridgehead atoms. The number of alkyl halides is 3. The number of carbonyl (C=O) groups excluding carboxylic acids is 2. The highest BCUT2D eigenvalue weighted by molar-refractivity contribution is 6.40. The number of nitrogens with zero attached hydrogens (tertiary/aromatic N) is 3. The molecule has 0 unspecified atom stereocenters. The predicted octanol–water partition coefficient (Wildman–Crippen LogP) is 6.68. The van der Waals surface area contributed by atoms with Crippen LogP contribution in [0.4, 0.5) is 13.2 Å². The first-order chi connectivity index (χ1) is 18.4. The normalized spacial score (nSPS) is 24.1. The van der Waals surface area contributed by atoms with E-state index < -0.39 is 53.6 Å². The number of hydrogen-bond acceptors (Lipinski definition) is 4. The van der Waals surface area contributed by atoms with Crippen molar-refractivity contribution in [2.75, 3.05) is 6.54 Å². The number of ketones is 1. The molecule has 1 aromatic carbocycles. The highest BCUT2D eigenvalue weighted by atomic mass is 35.5. The lowest BCUT2D eigenvalue weighted by Gasteiger charge is -2.59. The number of hydrogen-bond donors (Lipinski definition) is 1. The van der Waals surface area contributed by atoms with Crippen LogP contribution < -0.4 is 0 Å². The molecule has 3 saturated carbocycles. The van der Waals surface area contributed by atoms with Gasteiger partial charge in [-0.2, -0.15) is 18.3 Å². The molecule has 2 aromatic rings. The van der Waals surface area contributed by atoms with Crippen molar-refractivity contribution < 1.29 is 32.7 Å². The van der Waals surface area contributed by atoms with Gasteiger partial charge in [0.1, 0.15) is 0 Å². The van der Waals surface area contributed by atoms with Gasteiger partial charge in [-0.1, -0.05) is 35.7 Å². The van der Waals surface area contributed by atoms with Gasteiger partial charge >= 0.3 is 12.1 Å². The Morgan fingerprint density at radius 1 is 1.05 bits per heavy atom. The predicted molar refractivity (Wildman–Crippen MR) is 137 cm³/mol. The van der Waals surface area contributed by atoms with Gasteiger partial charge in [0.25, 0.3) is 5.91 Å². The van der Waals surface area contributed by atoms with Gasteiger partial charge in [0.05, 0.1) is 45.9 Å². The third-order valence-electron chi connectivity index (χ3n) is 8.85. The van der Waals surface area contributed by atoms with E-state index in [0.717, 1.165) is 36.6 Å². The third kappa shape index (κ3) is 5.06. The van der Waals surface area contributed by atoms with Gasteiger partial charge in [0.2, 0.25) is 0 Å². The molecule has 39 heavy (non-hydrogen) atoms. The van der Waals surface area contributed by atoms with Crippen molar-refractivity contribution in [3.8, 4) is 0 Å². The Morgan fingerprint density at radius 2 is 1.69 bits per heavy atom. The molecule has 7 nitrogen and oxygen atoms in total. The standard InChI is InChI=1S/C27H28Cl2F3N3O4/c28-18-3-1-4-19(29)22(18)20(36)14-34(21-9-12-26(21)10-2-11-26)24(37)17-13-33-35(23(17)27(30,31)32)16-7-5-15(6-8-16)25(38)39/h1,3-4,13,15-16,21H,2,5-12,14H2,(H,38,39)/t15-,16+,21-/m1/s1. The molecule has 1 amide bonds. The largest absolute Gasteiger partial charge is 0.481 e. The highest BCUT2D eigenvalue weighted by Gasteiger charge is 2.55. The maximum atomic E-state index is 14.5. The highest BCUT2D eigenvalue weighted by Crippen LogP contribution is 2.58. The second kappa shape index (κ2) is 10.4. The van der Waals surface area contributed by atoms with E-state index in [4.69, 9.17) is 23.2 Å². The zero-order valence-corrected chi connectivity index (χ0v) is 22.5. The number of carboxylic acids is 1. The second-order valence-corrected chi connectivity index (χ2v) is 11.7. The first-order valence-electron chi connectivity index (χ1n) is 13.1. The van der Waals surface area contributed by atoms with Gasteiger partial charge in [0.15, 0.2) is 11.5 Å². The molecule has 210 valence electrons. The molecule has 1 atom stereocenters. The molecule has 1 aromatic heterocycles. The molecule has 1 heterocycles. The number of aromatic nitrogens is 2. The van der Waals surface area contributed by atoms with E-state index in [1.807, 2.05) is 0 Å². The van der Waals surface area contributed by atoms with E-state index in [-0.39, 0.29) is 52.7 Å². The molecular formula is C27H28Cl2F3N3O4. The summed E-state index contributed by atoms with van der Waals surface area (Å²) in [6, 6.07) is 3.51. The second-order valence-electron chi connectivity index (χ2n) is 10.9. The van der Waals surface area contributed by atoms with Crippen LogP contribution in [-0.2, 0) is 11.0 Å². The van der Waals surface area contributed by atoms with Gasteiger partial charge < -0.3 is 10.0 Å². The number of rotatable bonds is 7. The number of aliphatic carboxylic acids is 1. The van der Waals surface area contributed by atoms with Crippen LogP contribution in [0.1, 0.15) is 90.2 Å². The lowest BCUT2D eigenvalue weighted by atomic mass is 9.52. The quantitative estimate of drug-likeness (QED) is 0.366. The van der Waals surface area contributed by atoms with Crippen LogP contribution in [0.5, 0.6) is 0 Å². The van der Waals surface area contributed by atoms with Crippen molar-refractivity contribution in [1.29, 1.82) is 0 Å². The Labute approximate surface area is 233 Å². The van der Waals surface area contributed by atoms with E-state index in [0.29, 0.717) is 6.42 Å². The first kappa shape index (κ1) is 28.0. The summed E-state index contributed by atoms with van der Waals surface area (Å²) in [7, 11) is 0. The summed E-state index contributed by atoms with van der Waals surface area (Å²) in [5.41, 5.74) is -1.93. The summed E-state index contributed by atoms with van der Waals surface area (Å²) in [5, 5.41) is 13.5. The Kier molecular flexibility index (Phi) is 7.47. The van der Waals surface area contributed by atoms with Crippen LogP contribution in [0, 0.1) is 11.3 Å². The zero-order valence-electron chi connectivity index (χ0n) is 21.0. The summed E-state index contributed by atoms with van der Waals surface area (Å²) >= 11 is 12.4. The van der Waals surface area contributed by atoms with Crippen molar-refractivity contribution in [3.63, 3.8) is 0 Å². The molecule has 1 spiro atoms. The maximum absolute atomic E-state index is 14.5. The minimum atomic E-state index is -4.89. The fraction of sp³-hybridized carbons (Fsp3) is 0.556. The fourth-order valence-electron chi connectivity index (χ4n) is 6.50. The van der Waals surface area contributed by atoms with E-state index in [2.05, 4.69) is 5.10 Å². The summed E-state index contributed by atoms with van der Waals surface area (Å²) in [6.45, 7) is -0.457. The van der Waals surface area contributed by atoms with E-state index in [1.165, 1.54) is 17.0 Å². The van der Waals surface area contributed by atoms with Crippen molar-refractivity contribution in [1.82, 2.24) is 14.7 Å². The summed E-state index contributed by atoms with van der Waals surface area (Å²) < 4.78 is 44.2. The van der Waals surface area contributed by atoms with E-state index in [1.54, 1.807) is 6.07 Å². The monoisotopic (exact) mass is 585 g/mol. The molecule has 0 radical (unpaired) electrons. The number of carbonyl (C=O) groups is 3. The molecule has 3 aliphatic carbocycles. The molecule has 0 saturated heterocycles. The first-order valence-corrected chi connectivity index (χ1v) is 13.8. The lowest BCUT2D eigenvalue weighted by molar-refractivity contribution is -0.147. The Bertz CT molecular complexity index is 1270. The van der Waals surface area contributed by atoms with E-state index >= 15 is 0 Å². The van der Waals surface area contributed by atoms with Gasteiger partial charge in [-0.05, 0) is 68.9 Å². The number of Topliss-reactive ketones (excluding diaryl/α,β-unsaturated/α-hetero) is 1. The summed E-state index contributed by atoms with van der Waals surface area (Å²) in [6.07, 6.45) is 0.998. The maximum Gasteiger partial charge on any atom is 0.433 e. The van der Waals surface area contributed by atoms with Crippen molar-refractivity contribution in [2.45, 2.75) is 76.0 Å². The molecule has 1 N–H and O–H groups in total. The number of carboxylic acid groups (broad SMARTS) is 1. The van der Waals surface area contributed by atoms with Gasteiger partial charge in [0, 0.05) is 6.04 Å². The van der Waals surface area contributed by atoms with Crippen molar-refractivity contribution >= 4 is 40.9 Å². The van der Waals surface area contributed by atoms with Gasteiger partial charge in [-0.15, -0.1) is 0 Å². The lowest BCUT2D eigenvalue weighted by Crippen LogP contribution is -2.61. The molecular weight excluding hydrogens is 558 g/mol. The van der Waals surface area contributed by atoms with Crippen LogP contribution in [0.25, 0.3) is 0 Å². The SMILES string of the molecule is O=C(CN(C(=O)c1cnn([C@H]2CC[C@@H](C(=O)O)CC2)c1C(F)(F)F)[C@@H]1CCC12CCC2)c1c(Cl)cccc1Cl. The molecule has 3 fully saturated rings. The topological polar surface area (TPSA) is 92.5 Å². The zero-order chi connectivity index (χ0) is 28.1. The Morgan fingerprint density at radius 3 is 2.18 bits per heavy atom. The Hall–Kier alpha value is -2.59. The van der Waals surface area contributed by atoms with Crippen LogP contribution in [0.15, 0.2) is 24.4 Å². The van der Waals surface area contributed by atoms with Crippen LogP contribution in [0.2, 0.25) is 10.0 Å². The third-order valence-corrected chi connectivity index (χ3v) is 9.48. The van der Waals surface area contributed by atoms with Crippen LogP contribution in [0.3, 0.4) is 0 Å². The Balaban J connectivity index is 1.49. The smallest absolute Gasteiger partial charge is 0.433 e. The molecule has 0 aliphatic heterocycles.